The van der Waals surface area contributed by atoms with Crippen LogP contribution in [0.15, 0.2) is 16.6 Å². The van der Waals surface area contributed by atoms with Crippen LogP contribution in [0.3, 0.4) is 0 Å². The standard InChI is InChI=1S/C8H6Br2F3N/c9-3-4-1-6(10)5(2-7(4)14)8(11,12)13/h1-2H,3,14H2. The monoisotopic (exact) mass is 331 g/mol. The quantitative estimate of drug-likeness (QED) is 0.611. The highest BCUT2D eigenvalue weighted by molar-refractivity contribution is 9.10. The molecule has 0 unspecified atom stereocenters. The van der Waals surface area contributed by atoms with Crippen molar-refractivity contribution < 1.29 is 13.2 Å². The molecule has 78 valence electrons. The number of hydrogen-bond acceptors (Lipinski definition) is 1. The van der Waals surface area contributed by atoms with E-state index in [1.807, 2.05) is 0 Å². The van der Waals surface area contributed by atoms with Crippen LogP contribution in [-0.4, -0.2) is 0 Å². The second-order valence-corrected chi connectivity index (χ2v) is 4.08. The number of alkyl halides is 4. The van der Waals surface area contributed by atoms with E-state index in [1.165, 1.54) is 6.07 Å². The Hall–Kier alpha value is -0.230. The van der Waals surface area contributed by atoms with Crippen molar-refractivity contribution in [3.05, 3.63) is 27.7 Å². The topological polar surface area (TPSA) is 26.0 Å². The van der Waals surface area contributed by atoms with Crippen molar-refractivity contribution in [3.63, 3.8) is 0 Å². The lowest BCUT2D eigenvalue weighted by Crippen LogP contribution is -2.08. The Morgan fingerprint density at radius 3 is 2.29 bits per heavy atom. The van der Waals surface area contributed by atoms with E-state index in [0.29, 0.717) is 10.9 Å². The molecule has 0 saturated heterocycles. The molecule has 6 heteroatoms. The molecule has 0 aromatic heterocycles. The molecular weight excluding hydrogens is 327 g/mol. The molecule has 0 fully saturated rings. The van der Waals surface area contributed by atoms with Crippen molar-refractivity contribution in [1.29, 1.82) is 0 Å². The Morgan fingerprint density at radius 1 is 1.29 bits per heavy atom. The lowest BCUT2D eigenvalue weighted by molar-refractivity contribution is -0.138. The van der Waals surface area contributed by atoms with Gasteiger partial charge in [0.1, 0.15) is 0 Å². The molecule has 14 heavy (non-hydrogen) atoms. The molecule has 0 aliphatic rings. The first-order valence-electron chi connectivity index (χ1n) is 3.57. The number of nitrogen functional groups attached to an aromatic ring is 1. The van der Waals surface area contributed by atoms with Gasteiger partial charge < -0.3 is 5.73 Å². The Labute approximate surface area is 95.7 Å². The van der Waals surface area contributed by atoms with Crippen LogP contribution in [0.5, 0.6) is 0 Å². The third-order valence-electron chi connectivity index (χ3n) is 1.68. The van der Waals surface area contributed by atoms with Crippen molar-refractivity contribution >= 4 is 37.5 Å². The molecular formula is C8H6Br2F3N. The van der Waals surface area contributed by atoms with Crippen molar-refractivity contribution in [2.45, 2.75) is 11.5 Å². The van der Waals surface area contributed by atoms with Crippen molar-refractivity contribution in [3.8, 4) is 0 Å². The summed E-state index contributed by atoms with van der Waals surface area (Å²) in [5.41, 5.74) is 5.46. The van der Waals surface area contributed by atoms with Gasteiger partial charge in [0.25, 0.3) is 0 Å². The van der Waals surface area contributed by atoms with Gasteiger partial charge in [0, 0.05) is 15.5 Å². The average Bonchev–Trinajstić information content (AvgIpc) is 2.06. The van der Waals surface area contributed by atoms with E-state index in [0.717, 1.165) is 6.07 Å². The number of nitrogens with two attached hydrogens (primary N) is 1. The lowest BCUT2D eigenvalue weighted by Gasteiger charge is -2.12. The number of hydrogen-bond donors (Lipinski definition) is 1. The summed E-state index contributed by atoms with van der Waals surface area (Å²) in [6.45, 7) is 0. The van der Waals surface area contributed by atoms with Gasteiger partial charge in [0.2, 0.25) is 0 Å². The Kier molecular flexibility index (Phi) is 3.47. The van der Waals surface area contributed by atoms with Crippen LogP contribution in [0, 0.1) is 0 Å². The summed E-state index contributed by atoms with van der Waals surface area (Å²) in [4.78, 5) is 0. The van der Waals surface area contributed by atoms with Crippen LogP contribution < -0.4 is 5.73 Å². The maximum Gasteiger partial charge on any atom is 0.417 e. The molecule has 0 aliphatic heterocycles. The molecule has 2 N–H and O–H groups in total. The second kappa shape index (κ2) is 4.10. The summed E-state index contributed by atoms with van der Waals surface area (Å²) in [5, 5.41) is 0.426. The van der Waals surface area contributed by atoms with E-state index >= 15 is 0 Å². The van der Waals surface area contributed by atoms with E-state index < -0.39 is 11.7 Å². The summed E-state index contributed by atoms with van der Waals surface area (Å²) in [5.74, 6) is 0. The first-order valence-corrected chi connectivity index (χ1v) is 5.48. The molecule has 1 nitrogen and oxygen atoms in total. The van der Waals surface area contributed by atoms with Gasteiger partial charge in [0.15, 0.2) is 0 Å². The number of benzene rings is 1. The van der Waals surface area contributed by atoms with Gasteiger partial charge >= 0.3 is 6.18 Å². The number of anilines is 1. The third-order valence-corrected chi connectivity index (χ3v) is 2.94. The highest BCUT2D eigenvalue weighted by atomic mass is 79.9. The zero-order chi connectivity index (χ0) is 10.9. The molecule has 1 rings (SSSR count). The summed E-state index contributed by atoms with van der Waals surface area (Å²) in [6.07, 6.45) is -4.38. The molecule has 0 spiro atoms. The lowest BCUT2D eigenvalue weighted by atomic mass is 10.1. The SMILES string of the molecule is Nc1cc(C(F)(F)F)c(Br)cc1CBr. The molecule has 0 atom stereocenters. The molecule has 1 aromatic rings. The van der Waals surface area contributed by atoms with Gasteiger partial charge in [0.05, 0.1) is 5.56 Å². The minimum Gasteiger partial charge on any atom is -0.398 e. The Bertz CT molecular complexity index is 349. The van der Waals surface area contributed by atoms with Crippen molar-refractivity contribution in [2.24, 2.45) is 0 Å². The van der Waals surface area contributed by atoms with Crippen LogP contribution in [0.25, 0.3) is 0 Å². The molecule has 0 bridgehead atoms. The molecule has 0 aliphatic carbocycles. The molecule has 0 radical (unpaired) electrons. The summed E-state index contributed by atoms with van der Waals surface area (Å²) in [6, 6.07) is 2.30. The minimum absolute atomic E-state index is 0.00801. The first-order chi connectivity index (χ1) is 6.36. The van der Waals surface area contributed by atoms with Gasteiger partial charge in [-0.1, -0.05) is 31.9 Å². The average molecular weight is 333 g/mol. The number of halogens is 5. The largest absolute Gasteiger partial charge is 0.417 e. The smallest absolute Gasteiger partial charge is 0.398 e. The highest BCUT2D eigenvalue weighted by Crippen LogP contribution is 2.37. The van der Waals surface area contributed by atoms with E-state index in [-0.39, 0.29) is 10.2 Å². The predicted molar refractivity (Wildman–Crippen MR) is 56.2 cm³/mol. The zero-order valence-electron chi connectivity index (χ0n) is 6.83. The van der Waals surface area contributed by atoms with E-state index in [4.69, 9.17) is 5.73 Å². The van der Waals surface area contributed by atoms with Crippen molar-refractivity contribution in [1.82, 2.24) is 0 Å². The summed E-state index contributed by atoms with van der Waals surface area (Å²) in [7, 11) is 0. The fraction of sp³-hybridized carbons (Fsp3) is 0.250. The van der Waals surface area contributed by atoms with Gasteiger partial charge in [-0.05, 0) is 17.7 Å². The van der Waals surface area contributed by atoms with E-state index in [9.17, 15) is 13.2 Å². The maximum atomic E-state index is 12.4. The fourth-order valence-corrected chi connectivity index (χ4v) is 2.07. The normalized spacial score (nSPS) is 11.8. The zero-order valence-corrected chi connectivity index (χ0v) is 10.0. The van der Waals surface area contributed by atoms with E-state index in [2.05, 4.69) is 31.9 Å². The minimum atomic E-state index is -4.38. The van der Waals surface area contributed by atoms with Crippen LogP contribution in [0.2, 0.25) is 0 Å². The predicted octanol–water partition coefficient (Wildman–Crippen LogP) is 3.95. The van der Waals surface area contributed by atoms with Crippen LogP contribution in [0.1, 0.15) is 11.1 Å². The summed E-state index contributed by atoms with van der Waals surface area (Å²) < 4.78 is 37.1. The third kappa shape index (κ3) is 2.42. The Morgan fingerprint density at radius 2 is 1.86 bits per heavy atom. The molecule has 0 amide bonds. The first kappa shape index (κ1) is 11.8. The van der Waals surface area contributed by atoms with Crippen LogP contribution >= 0.6 is 31.9 Å². The van der Waals surface area contributed by atoms with Crippen molar-refractivity contribution in [2.75, 3.05) is 5.73 Å². The van der Waals surface area contributed by atoms with Crippen LogP contribution in [-0.2, 0) is 11.5 Å². The molecule has 1 aromatic carbocycles. The molecule has 0 heterocycles. The maximum absolute atomic E-state index is 12.4. The Balaban J connectivity index is 3.29. The van der Waals surface area contributed by atoms with Crippen LogP contribution in [0.4, 0.5) is 18.9 Å². The van der Waals surface area contributed by atoms with E-state index in [1.54, 1.807) is 0 Å². The highest BCUT2D eigenvalue weighted by Gasteiger charge is 2.33. The van der Waals surface area contributed by atoms with Gasteiger partial charge in [-0.15, -0.1) is 0 Å². The second-order valence-electron chi connectivity index (χ2n) is 2.66. The summed E-state index contributed by atoms with van der Waals surface area (Å²) >= 11 is 6.00. The fourth-order valence-electron chi connectivity index (χ4n) is 0.964. The number of rotatable bonds is 1. The van der Waals surface area contributed by atoms with Gasteiger partial charge in [-0.2, -0.15) is 13.2 Å². The van der Waals surface area contributed by atoms with Gasteiger partial charge in [-0.25, -0.2) is 0 Å². The van der Waals surface area contributed by atoms with Gasteiger partial charge in [-0.3, -0.25) is 0 Å². The molecule has 0 saturated carbocycles.